The fourth-order valence-electron chi connectivity index (χ4n) is 2.78. The highest BCUT2D eigenvalue weighted by Gasteiger charge is 2.17. The molecule has 0 radical (unpaired) electrons. The van der Waals surface area contributed by atoms with Gasteiger partial charge in [0.05, 0.1) is 11.1 Å². The predicted molar refractivity (Wildman–Crippen MR) is 82.2 cm³/mol. The molecule has 3 aromatic rings. The first-order chi connectivity index (χ1) is 9.50. The van der Waals surface area contributed by atoms with Gasteiger partial charge in [0.2, 0.25) is 0 Å². The molecule has 4 heteroatoms. The van der Waals surface area contributed by atoms with E-state index < -0.39 is 0 Å². The third kappa shape index (κ3) is 1.68. The van der Waals surface area contributed by atoms with Crippen LogP contribution in [-0.4, -0.2) is 14.5 Å². The Hall–Kier alpha value is -2.36. The quantitative estimate of drug-likeness (QED) is 0.735. The minimum Gasteiger partial charge on any atom is -0.383 e. The average Bonchev–Trinajstić information content (AvgIpc) is 2.64. The Bertz CT molecular complexity index is 815. The molecule has 3 rings (SSSR count). The van der Waals surface area contributed by atoms with Crippen LogP contribution in [0.4, 0.5) is 5.82 Å². The van der Waals surface area contributed by atoms with E-state index in [1.165, 1.54) is 17.5 Å². The lowest BCUT2D eigenvalue weighted by Crippen LogP contribution is -2.01. The highest BCUT2D eigenvalue weighted by atomic mass is 15.1. The first-order valence-electron chi connectivity index (χ1n) is 6.66. The number of hydrogen-bond acceptors (Lipinski definition) is 3. The van der Waals surface area contributed by atoms with Crippen LogP contribution in [-0.2, 0) is 0 Å². The number of nitrogens with zero attached hydrogens (tertiary/aromatic N) is 3. The van der Waals surface area contributed by atoms with Crippen LogP contribution in [0.5, 0.6) is 0 Å². The second-order valence-corrected chi connectivity index (χ2v) is 5.29. The molecule has 2 heterocycles. The number of aromatic nitrogens is 3. The molecule has 2 aromatic heterocycles. The van der Waals surface area contributed by atoms with Gasteiger partial charge in [-0.1, -0.05) is 17.7 Å². The van der Waals surface area contributed by atoms with Crippen molar-refractivity contribution in [1.82, 2.24) is 14.5 Å². The Labute approximate surface area is 118 Å². The van der Waals surface area contributed by atoms with Crippen molar-refractivity contribution in [3.63, 3.8) is 0 Å². The highest BCUT2D eigenvalue weighted by Crippen LogP contribution is 2.31. The zero-order chi connectivity index (χ0) is 14.4. The predicted octanol–water partition coefficient (Wildman–Crippen LogP) is 3.24. The van der Waals surface area contributed by atoms with Crippen LogP contribution in [0.15, 0.2) is 24.5 Å². The molecule has 102 valence electrons. The topological polar surface area (TPSA) is 56.7 Å². The van der Waals surface area contributed by atoms with Gasteiger partial charge in [0.25, 0.3) is 0 Å². The lowest BCUT2D eigenvalue weighted by atomic mass is 10.1. The fraction of sp³-hybridized carbons (Fsp3) is 0.250. The maximum atomic E-state index is 6.02. The van der Waals surface area contributed by atoms with E-state index in [9.17, 15) is 0 Å². The molecule has 0 unspecified atom stereocenters. The summed E-state index contributed by atoms with van der Waals surface area (Å²) in [6.45, 7) is 8.38. The van der Waals surface area contributed by atoms with Gasteiger partial charge in [-0.2, -0.15) is 0 Å². The number of fused-ring (bicyclic) bond motifs is 1. The van der Waals surface area contributed by atoms with Crippen molar-refractivity contribution in [2.45, 2.75) is 27.7 Å². The Kier molecular flexibility index (Phi) is 2.74. The molecule has 0 amide bonds. The molecule has 0 saturated heterocycles. The summed E-state index contributed by atoms with van der Waals surface area (Å²) in [6.07, 6.45) is 1.52. The number of nitrogen functional groups attached to an aromatic ring is 1. The van der Waals surface area contributed by atoms with Crippen LogP contribution < -0.4 is 5.73 Å². The average molecular weight is 266 g/mol. The Morgan fingerprint density at radius 1 is 1.05 bits per heavy atom. The molecular weight excluding hydrogens is 248 g/mol. The standard InChI is InChI=1S/C16H18N4/c1-9-5-6-13(10(2)7-9)20-12(4)11(3)14-15(17)18-8-19-16(14)20/h5-8H,1-4H3,(H2,17,18,19). The Morgan fingerprint density at radius 3 is 2.50 bits per heavy atom. The molecule has 4 nitrogen and oxygen atoms in total. The molecule has 0 saturated carbocycles. The summed E-state index contributed by atoms with van der Waals surface area (Å²) in [5.74, 6) is 0.541. The van der Waals surface area contributed by atoms with E-state index in [0.717, 1.165) is 28.0 Å². The van der Waals surface area contributed by atoms with Crippen LogP contribution in [0.2, 0.25) is 0 Å². The molecule has 0 bridgehead atoms. The van der Waals surface area contributed by atoms with Crippen LogP contribution in [0.1, 0.15) is 22.4 Å². The van der Waals surface area contributed by atoms with E-state index in [1.54, 1.807) is 0 Å². The zero-order valence-electron chi connectivity index (χ0n) is 12.2. The first-order valence-corrected chi connectivity index (χ1v) is 6.66. The molecule has 0 aliphatic rings. The maximum Gasteiger partial charge on any atom is 0.150 e. The molecule has 1 aromatic carbocycles. The third-order valence-electron chi connectivity index (χ3n) is 3.91. The van der Waals surface area contributed by atoms with Gasteiger partial charge in [-0.25, -0.2) is 9.97 Å². The summed E-state index contributed by atoms with van der Waals surface area (Å²) < 4.78 is 2.16. The summed E-state index contributed by atoms with van der Waals surface area (Å²) in [7, 11) is 0. The maximum absolute atomic E-state index is 6.02. The van der Waals surface area contributed by atoms with E-state index in [0.29, 0.717) is 5.82 Å². The van der Waals surface area contributed by atoms with Crippen LogP contribution in [0, 0.1) is 27.7 Å². The van der Waals surface area contributed by atoms with Gasteiger partial charge in [-0.05, 0) is 44.9 Å². The van der Waals surface area contributed by atoms with Crippen LogP contribution in [0.25, 0.3) is 16.7 Å². The van der Waals surface area contributed by atoms with E-state index >= 15 is 0 Å². The normalized spacial score (nSPS) is 11.2. The van der Waals surface area contributed by atoms with Gasteiger partial charge in [0.15, 0.2) is 5.65 Å². The van der Waals surface area contributed by atoms with Gasteiger partial charge in [-0.3, -0.25) is 4.57 Å². The van der Waals surface area contributed by atoms with Crippen LogP contribution in [0.3, 0.4) is 0 Å². The number of hydrogen-bond donors (Lipinski definition) is 1. The Morgan fingerprint density at radius 2 is 1.80 bits per heavy atom. The summed E-state index contributed by atoms with van der Waals surface area (Å²) >= 11 is 0. The van der Waals surface area contributed by atoms with Gasteiger partial charge in [0, 0.05) is 5.69 Å². The fourth-order valence-corrected chi connectivity index (χ4v) is 2.78. The van der Waals surface area contributed by atoms with Crippen molar-refractivity contribution < 1.29 is 0 Å². The van der Waals surface area contributed by atoms with Gasteiger partial charge in [-0.15, -0.1) is 0 Å². The molecule has 0 atom stereocenters. The van der Waals surface area contributed by atoms with Crippen molar-refractivity contribution in [3.8, 4) is 5.69 Å². The monoisotopic (exact) mass is 266 g/mol. The van der Waals surface area contributed by atoms with Crippen LogP contribution >= 0.6 is 0 Å². The zero-order valence-corrected chi connectivity index (χ0v) is 12.2. The number of rotatable bonds is 1. The number of aryl methyl sites for hydroxylation is 3. The molecule has 2 N–H and O–H groups in total. The smallest absolute Gasteiger partial charge is 0.150 e. The van der Waals surface area contributed by atoms with E-state index in [2.05, 4.69) is 60.4 Å². The summed E-state index contributed by atoms with van der Waals surface area (Å²) in [6, 6.07) is 6.43. The molecule has 0 spiro atoms. The summed E-state index contributed by atoms with van der Waals surface area (Å²) in [4.78, 5) is 8.54. The van der Waals surface area contributed by atoms with Gasteiger partial charge in [0.1, 0.15) is 12.1 Å². The number of benzene rings is 1. The van der Waals surface area contributed by atoms with Crippen molar-refractivity contribution in [1.29, 1.82) is 0 Å². The van der Waals surface area contributed by atoms with Crippen molar-refractivity contribution in [2.75, 3.05) is 5.73 Å². The number of nitrogens with two attached hydrogens (primary N) is 1. The molecule has 0 aliphatic carbocycles. The Balaban J connectivity index is 2.42. The summed E-state index contributed by atoms with van der Waals surface area (Å²) in [5.41, 5.74) is 12.8. The minimum absolute atomic E-state index is 0.541. The molecular formula is C16H18N4. The van der Waals surface area contributed by atoms with Crippen molar-refractivity contribution in [3.05, 3.63) is 46.9 Å². The van der Waals surface area contributed by atoms with E-state index in [-0.39, 0.29) is 0 Å². The van der Waals surface area contributed by atoms with Crippen molar-refractivity contribution >= 4 is 16.9 Å². The SMILES string of the molecule is Cc1ccc(-n2c(C)c(C)c3c(N)ncnc32)c(C)c1. The first kappa shape index (κ1) is 12.7. The lowest BCUT2D eigenvalue weighted by Gasteiger charge is -2.12. The summed E-state index contributed by atoms with van der Waals surface area (Å²) in [5, 5.41) is 0.949. The largest absolute Gasteiger partial charge is 0.383 e. The van der Waals surface area contributed by atoms with E-state index in [1.807, 2.05) is 0 Å². The molecule has 20 heavy (non-hydrogen) atoms. The minimum atomic E-state index is 0.541. The lowest BCUT2D eigenvalue weighted by molar-refractivity contribution is 1.000. The second kappa shape index (κ2) is 4.34. The van der Waals surface area contributed by atoms with Gasteiger partial charge >= 0.3 is 0 Å². The highest BCUT2D eigenvalue weighted by molar-refractivity contribution is 5.92. The molecule has 0 fully saturated rings. The van der Waals surface area contributed by atoms with Crippen molar-refractivity contribution in [2.24, 2.45) is 0 Å². The molecule has 0 aliphatic heterocycles. The second-order valence-electron chi connectivity index (χ2n) is 5.29. The third-order valence-corrected chi connectivity index (χ3v) is 3.91. The van der Waals surface area contributed by atoms with Gasteiger partial charge < -0.3 is 5.73 Å². The number of anilines is 1. The van der Waals surface area contributed by atoms with E-state index in [4.69, 9.17) is 5.73 Å².